The molecule has 1 heterocycles. The van der Waals surface area contributed by atoms with E-state index in [9.17, 15) is 13.2 Å². The number of sulfonamides is 1. The van der Waals surface area contributed by atoms with Crippen LogP contribution < -0.4 is 5.32 Å². The molecule has 1 saturated heterocycles. The van der Waals surface area contributed by atoms with Crippen LogP contribution in [0.1, 0.15) is 36.0 Å². The number of piperidine rings is 1. The molecule has 6 heteroatoms. The standard InChI is InChI=1S/C21H26N2O3S/c1-16-7-6-8-17(2)21(16)22-20(24)15-18-9-11-19(12-10-18)27(25,26)23-13-4-3-5-14-23/h6-12H,3-5,13-15H2,1-2H3,(H,22,24). The molecule has 144 valence electrons. The SMILES string of the molecule is Cc1cccc(C)c1NC(=O)Cc1ccc(S(=O)(=O)N2CCCCC2)cc1. The number of benzene rings is 2. The molecule has 0 aromatic heterocycles. The summed E-state index contributed by atoms with van der Waals surface area (Å²) < 4.78 is 26.9. The highest BCUT2D eigenvalue weighted by molar-refractivity contribution is 7.89. The van der Waals surface area contributed by atoms with Gasteiger partial charge < -0.3 is 5.32 Å². The Morgan fingerprint density at radius 3 is 2.15 bits per heavy atom. The van der Waals surface area contributed by atoms with Crippen molar-refractivity contribution in [3.05, 3.63) is 59.2 Å². The van der Waals surface area contributed by atoms with Gasteiger partial charge in [-0.15, -0.1) is 0 Å². The van der Waals surface area contributed by atoms with Crippen molar-refractivity contribution in [1.82, 2.24) is 4.31 Å². The number of nitrogens with one attached hydrogen (secondary N) is 1. The van der Waals surface area contributed by atoms with Crippen molar-refractivity contribution in [1.29, 1.82) is 0 Å². The lowest BCUT2D eigenvalue weighted by atomic mass is 10.1. The van der Waals surface area contributed by atoms with Crippen LogP contribution in [-0.2, 0) is 21.2 Å². The Morgan fingerprint density at radius 1 is 0.963 bits per heavy atom. The highest BCUT2D eigenvalue weighted by atomic mass is 32.2. The highest BCUT2D eigenvalue weighted by Crippen LogP contribution is 2.22. The molecule has 0 saturated carbocycles. The molecule has 1 amide bonds. The van der Waals surface area contributed by atoms with Crippen LogP contribution >= 0.6 is 0 Å². The van der Waals surface area contributed by atoms with E-state index in [0.717, 1.165) is 41.6 Å². The molecule has 1 N–H and O–H groups in total. The van der Waals surface area contributed by atoms with Gasteiger partial charge in [0, 0.05) is 18.8 Å². The number of aryl methyl sites for hydroxylation is 2. The van der Waals surface area contributed by atoms with Crippen molar-refractivity contribution in [2.45, 2.75) is 44.4 Å². The fourth-order valence-electron chi connectivity index (χ4n) is 3.41. The summed E-state index contributed by atoms with van der Waals surface area (Å²) in [5.74, 6) is -0.112. The second kappa shape index (κ2) is 8.23. The van der Waals surface area contributed by atoms with Gasteiger partial charge in [-0.1, -0.05) is 36.8 Å². The number of nitrogens with zero attached hydrogens (tertiary/aromatic N) is 1. The number of para-hydroxylation sites is 1. The van der Waals surface area contributed by atoms with Crippen molar-refractivity contribution < 1.29 is 13.2 Å². The zero-order chi connectivity index (χ0) is 19.4. The second-order valence-electron chi connectivity index (χ2n) is 7.10. The van der Waals surface area contributed by atoms with Crippen LogP contribution in [0.15, 0.2) is 47.4 Å². The summed E-state index contributed by atoms with van der Waals surface area (Å²) in [6, 6.07) is 12.5. The van der Waals surface area contributed by atoms with Gasteiger partial charge in [0.1, 0.15) is 0 Å². The first kappa shape index (κ1) is 19.6. The van der Waals surface area contributed by atoms with Gasteiger partial charge in [-0.05, 0) is 55.5 Å². The Balaban J connectivity index is 1.68. The van der Waals surface area contributed by atoms with Gasteiger partial charge >= 0.3 is 0 Å². The minimum absolute atomic E-state index is 0.112. The molecule has 1 fully saturated rings. The van der Waals surface area contributed by atoms with E-state index >= 15 is 0 Å². The summed E-state index contributed by atoms with van der Waals surface area (Å²) >= 11 is 0. The van der Waals surface area contributed by atoms with Gasteiger partial charge in [-0.3, -0.25) is 4.79 Å². The molecule has 3 rings (SSSR count). The van der Waals surface area contributed by atoms with Crippen molar-refractivity contribution in [3.63, 3.8) is 0 Å². The molecule has 0 aliphatic carbocycles. The maximum Gasteiger partial charge on any atom is 0.243 e. The number of rotatable bonds is 5. The van der Waals surface area contributed by atoms with Gasteiger partial charge in [0.15, 0.2) is 0 Å². The third kappa shape index (κ3) is 4.57. The summed E-state index contributed by atoms with van der Waals surface area (Å²) in [5, 5.41) is 2.96. The first-order valence-corrected chi connectivity index (χ1v) is 10.8. The Hall–Kier alpha value is -2.18. The summed E-state index contributed by atoms with van der Waals surface area (Å²) in [5.41, 5.74) is 3.67. The first-order valence-electron chi connectivity index (χ1n) is 9.33. The molecular weight excluding hydrogens is 360 g/mol. The van der Waals surface area contributed by atoms with E-state index in [-0.39, 0.29) is 12.3 Å². The molecule has 2 aromatic carbocycles. The quantitative estimate of drug-likeness (QED) is 0.853. The van der Waals surface area contributed by atoms with Crippen LogP contribution in [0.2, 0.25) is 0 Å². The van der Waals surface area contributed by atoms with Crippen molar-refractivity contribution in [2.24, 2.45) is 0 Å². The van der Waals surface area contributed by atoms with Crippen LogP contribution in [0.4, 0.5) is 5.69 Å². The van der Waals surface area contributed by atoms with Crippen LogP contribution in [0.25, 0.3) is 0 Å². The minimum Gasteiger partial charge on any atom is -0.325 e. The predicted octanol–water partition coefficient (Wildman–Crippen LogP) is 3.66. The van der Waals surface area contributed by atoms with Crippen LogP contribution in [-0.4, -0.2) is 31.7 Å². The van der Waals surface area contributed by atoms with Gasteiger partial charge in [0.25, 0.3) is 0 Å². The monoisotopic (exact) mass is 386 g/mol. The zero-order valence-corrected chi connectivity index (χ0v) is 16.7. The topological polar surface area (TPSA) is 66.5 Å². The highest BCUT2D eigenvalue weighted by Gasteiger charge is 2.25. The molecule has 1 aliphatic rings. The number of amides is 1. The molecule has 0 bridgehead atoms. The molecular formula is C21H26N2O3S. The van der Waals surface area contributed by atoms with E-state index in [0.29, 0.717) is 18.0 Å². The van der Waals surface area contributed by atoms with E-state index in [1.807, 2.05) is 32.0 Å². The number of carbonyl (C=O) groups excluding carboxylic acids is 1. The van der Waals surface area contributed by atoms with Gasteiger partial charge in [-0.25, -0.2) is 8.42 Å². The zero-order valence-electron chi connectivity index (χ0n) is 15.9. The summed E-state index contributed by atoms with van der Waals surface area (Å²) in [7, 11) is -3.43. The molecule has 0 radical (unpaired) electrons. The van der Waals surface area contributed by atoms with E-state index in [4.69, 9.17) is 0 Å². The summed E-state index contributed by atoms with van der Waals surface area (Å²) in [6.45, 7) is 5.09. The van der Waals surface area contributed by atoms with Gasteiger partial charge in [-0.2, -0.15) is 4.31 Å². The average molecular weight is 387 g/mol. The van der Waals surface area contributed by atoms with Gasteiger partial charge in [0.2, 0.25) is 15.9 Å². The molecule has 0 unspecified atom stereocenters. The molecule has 1 aliphatic heterocycles. The minimum atomic E-state index is -3.43. The third-order valence-corrected chi connectivity index (χ3v) is 6.90. The summed E-state index contributed by atoms with van der Waals surface area (Å²) in [4.78, 5) is 12.7. The molecule has 5 nitrogen and oxygen atoms in total. The van der Waals surface area contributed by atoms with Gasteiger partial charge in [0.05, 0.1) is 11.3 Å². The van der Waals surface area contributed by atoms with Crippen LogP contribution in [0.5, 0.6) is 0 Å². The first-order chi connectivity index (χ1) is 12.9. The smallest absolute Gasteiger partial charge is 0.243 e. The second-order valence-corrected chi connectivity index (χ2v) is 9.04. The van der Waals surface area contributed by atoms with Crippen molar-refractivity contribution in [3.8, 4) is 0 Å². The Bertz CT molecular complexity index is 895. The fourth-order valence-corrected chi connectivity index (χ4v) is 4.93. The normalized spacial score (nSPS) is 15.5. The van der Waals surface area contributed by atoms with E-state index in [2.05, 4.69) is 5.32 Å². The predicted molar refractivity (Wildman–Crippen MR) is 107 cm³/mol. The average Bonchev–Trinajstić information content (AvgIpc) is 2.66. The number of carbonyl (C=O) groups is 1. The maximum atomic E-state index is 12.7. The van der Waals surface area contributed by atoms with Crippen LogP contribution in [0, 0.1) is 13.8 Å². The number of anilines is 1. The molecule has 27 heavy (non-hydrogen) atoms. The molecule has 2 aromatic rings. The maximum absolute atomic E-state index is 12.7. The third-order valence-electron chi connectivity index (χ3n) is 4.99. The molecule has 0 spiro atoms. The van der Waals surface area contributed by atoms with E-state index in [1.165, 1.54) is 0 Å². The Morgan fingerprint density at radius 2 is 1.56 bits per heavy atom. The summed E-state index contributed by atoms with van der Waals surface area (Å²) in [6.07, 6.45) is 3.11. The number of hydrogen-bond donors (Lipinski definition) is 1. The lowest BCUT2D eigenvalue weighted by Gasteiger charge is -2.25. The molecule has 0 atom stereocenters. The van der Waals surface area contributed by atoms with Crippen molar-refractivity contribution in [2.75, 3.05) is 18.4 Å². The fraction of sp³-hybridized carbons (Fsp3) is 0.381. The lowest BCUT2D eigenvalue weighted by molar-refractivity contribution is -0.115. The Labute approximate surface area is 161 Å². The number of hydrogen-bond acceptors (Lipinski definition) is 3. The van der Waals surface area contributed by atoms with E-state index < -0.39 is 10.0 Å². The largest absolute Gasteiger partial charge is 0.325 e. The Kier molecular flexibility index (Phi) is 5.97. The van der Waals surface area contributed by atoms with E-state index in [1.54, 1.807) is 28.6 Å². The van der Waals surface area contributed by atoms with Crippen molar-refractivity contribution >= 4 is 21.6 Å². The lowest BCUT2D eigenvalue weighted by Crippen LogP contribution is -2.35. The van der Waals surface area contributed by atoms with Crippen LogP contribution in [0.3, 0.4) is 0 Å².